The minimum absolute atomic E-state index is 0.0154. The molecule has 0 radical (unpaired) electrons. The molecule has 2 aromatic rings. The number of nitro groups is 1. The molecule has 0 aliphatic heterocycles. The molecule has 2 rings (SSSR count). The summed E-state index contributed by atoms with van der Waals surface area (Å²) in [5.41, 5.74) is -0.423. The van der Waals surface area contributed by atoms with Crippen molar-refractivity contribution in [3.8, 4) is 28.7 Å². The van der Waals surface area contributed by atoms with Crippen LogP contribution in [0, 0.1) is 10.1 Å². The first-order valence-electron chi connectivity index (χ1n) is 10.7. The molecule has 11 heteroatoms. The number of rotatable bonds is 13. The van der Waals surface area contributed by atoms with Crippen LogP contribution in [0.1, 0.15) is 24.2 Å². The lowest BCUT2D eigenvalue weighted by molar-refractivity contribution is -0.386. The summed E-state index contributed by atoms with van der Waals surface area (Å²) in [7, 11) is 5.44. The Hall–Kier alpha value is -3.73. The van der Waals surface area contributed by atoms with E-state index in [1.54, 1.807) is 18.2 Å². The molecule has 0 atom stereocenters. The number of methoxy groups -OCH3 is 4. The van der Waals surface area contributed by atoms with Crippen LogP contribution in [0.5, 0.6) is 28.7 Å². The molecule has 0 unspecified atom stereocenters. The minimum atomic E-state index is -0.731. The van der Waals surface area contributed by atoms with Crippen molar-refractivity contribution in [2.75, 3.05) is 60.0 Å². The van der Waals surface area contributed by atoms with E-state index in [1.807, 2.05) is 0 Å². The van der Waals surface area contributed by atoms with Gasteiger partial charge in [-0.3, -0.25) is 14.9 Å². The van der Waals surface area contributed by atoms with Crippen LogP contribution in [0.15, 0.2) is 24.3 Å². The number of likely N-dealkylation sites (N-methyl/N-ethyl adjacent to an activating group) is 1. The first-order valence-corrected chi connectivity index (χ1v) is 10.7. The Labute approximate surface area is 198 Å². The highest BCUT2D eigenvalue weighted by Gasteiger charge is 2.32. The summed E-state index contributed by atoms with van der Waals surface area (Å²) >= 11 is 0. The molecule has 0 fully saturated rings. The standard InChI is InChI=1S/C23H31N3O8/c1-7-25(8-2)11-12-34-18-13-15(9-10-17(18)30-3)24-23(27)16-14-19(31-4)21(32-5)22(33-6)20(16)26(28)29/h9-10,13-14H,7-8,11-12H2,1-6H3,(H,24,27). The SMILES string of the molecule is CCN(CC)CCOc1cc(NC(=O)c2cc(OC)c(OC)c(OC)c2[N+](=O)[O-])ccc1OC. The molecule has 0 aliphatic rings. The van der Waals surface area contributed by atoms with E-state index >= 15 is 0 Å². The molecule has 0 aliphatic carbocycles. The Morgan fingerprint density at radius 2 is 1.59 bits per heavy atom. The molecule has 0 spiro atoms. The second-order valence-electron chi connectivity index (χ2n) is 6.99. The molecule has 1 amide bonds. The number of amides is 1. The zero-order valence-corrected chi connectivity index (χ0v) is 20.3. The topological polar surface area (TPSA) is 122 Å². The number of anilines is 1. The van der Waals surface area contributed by atoms with Gasteiger partial charge >= 0.3 is 5.69 Å². The number of nitrogens with zero attached hydrogens (tertiary/aromatic N) is 2. The van der Waals surface area contributed by atoms with Crippen LogP contribution in [0.2, 0.25) is 0 Å². The van der Waals surface area contributed by atoms with Crippen molar-refractivity contribution >= 4 is 17.3 Å². The van der Waals surface area contributed by atoms with Crippen LogP contribution in [0.25, 0.3) is 0 Å². The van der Waals surface area contributed by atoms with E-state index in [2.05, 4.69) is 24.1 Å². The van der Waals surface area contributed by atoms with E-state index in [-0.39, 0.29) is 22.8 Å². The van der Waals surface area contributed by atoms with Gasteiger partial charge in [0.1, 0.15) is 12.2 Å². The second-order valence-corrected chi connectivity index (χ2v) is 6.99. The normalized spacial score (nSPS) is 10.6. The summed E-state index contributed by atoms with van der Waals surface area (Å²) in [6, 6.07) is 6.09. The van der Waals surface area contributed by atoms with E-state index in [1.165, 1.54) is 34.5 Å². The van der Waals surface area contributed by atoms with Gasteiger partial charge in [0.15, 0.2) is 17.2 Å². The summed E-state index contributed by atoms with van der Waals surface area (Å²) in [4.78, 5) is 26.4. The quantitative estimate of drug-likeness (QED) is 0.341. The van der Waals surface area contributed by atoms with Crippen LogP contribution < -0.4 is 29.0 Å². The Morgan fingerprint density at radius 1 is 0.941 bits per heavy atom. The maximum Gasteiger partial charge on any atom is 0.327 e. The van der Waals surface area contributed by atoms with Crippen molar-refractivity contribution < 1.29 is 33.4 Å². The molecular formula is C23H31N3O8. The largest absolute Gasteiger partial charge is 0.493 e. The van der Waals surface area contributed by atoms with Gasteiger partial charge in [-0.1, -0.05) is 13.8 Å². The van der Waals surface area contributed by atoms with E-state index in [0.717, 1.165) is 19.6 Å². The highest BCUT2D eigenvalue weighted by molar-refractivity contribution is 6.08. The van der Waals surface area contributed by atoms with E-state index in [0.29, 0.717) is 23.8 Å². The van der Waals surface area contributed by atoms with Crippen LogP contribution in [-0.2, 0) is 0 Å². The monoisotopic (exact) mass is 477 g/mol. The zero-order valence-electron chi connectivity index (χ0n) is 20.3. The average Bonchev–Trinajstić information content (AvgIpc) is 2.85. The van der Waals surface area contributed by atoms with Crippen molar-refractivity contribution in [3.63, 3.8) is 0 Å². The van der Waals surface area contributed by atoms with Crippen molar-refractivity contribution in [2.24, 2.45) is 0 Å². The summed E-state index contributed by atoms with van der Waals surface area (Å²) in [5, 5.41) is 14.5. The molecule has 2 aromatic carbocycles. The summed E-state index contributed by atoms with van der Waals surface area (Å²) in [6.07, 6.45) is 0. The number of hydrogen-bond acceptors (Lipinski definition) is 9. The Kier molecular flexibility index (Phi) is 9.75. The molecule has 1 N–H and O–H groups in total. The number of nitrogens with one attached hydrogen (secondary N) is 1. The van der Waals surface area contributed by atoms with Crippen molar-refractivity contribution in [3.05, 3.63) is 39.9 Å². The van der Waals surface area contributed by atoms with Gasteiger partial charge in [-0.05, 0) is 25.2 Å². The first kappa shape index (κ1) is 26.5. The smallest absolute Gasteiger partial charge is 0.327 e. The van der Waals surface area contributed by atoms with Gasteiger partial charge in [0.2, 0.25) is 11.5 Å². The summed E-state index contributed by atoms with van der Waals surface area (Å²) < 4.78 is 26.8. The third-order valence-electron chi connectivity index (χ3n) is 5.21. The fraction of sp³-hybridized carbons (Fsp3) is 0.435. The third-order valence-corrected chi connectivity index (χ3v) is 5.21. The lowest BCUT2D eigenvalue weighted by Crippen LogP contribution is -2.28. The van der Waals surface area contributed by atoms with Crippen LogP contribution in [0.4, 0.5) is 11.4 Å². The number of carbonyl (C=O) groups is 1. The number of carbonyl (C=O) groups excluding carboxylic acids is 1. The van der Waals surface area contributed by atoms with E-state index in [4.69, 9.17) is 23.7 Å². The highest BCUT2D eigenvalue weighted by atomic mass is 16.6. The molecule has 34 heavy (non-hydrogen) atoms. The molecule has 0 bridgehead atoms. The third kappa shape index (κ3) is 5.98. The lowest BCUT2D eigenvalue weighted by atomic mass is 10.1. The Morgan fingerprint density at radius 3 is 2.12 bits per heavy atom. The number of hydrogen-bond donors (Lipinski definition) is 1. The van der Waals surface area contributed by atoms with Gasteiger partial charge < -0.3 is 33.9 Å². The Balaban J connectivity index is 2.37. The van der Waals surface area contributed by atoms with Gasteiger partial charge in [-0.15, -0.1) is 0 Å². The predicted octanol–water partition coefficient (Wildman–Crippen LogP) is 3.60. The molecule has 0 aromatic heterocycles. The lowest BCUT2D eigenvalue weighted by Gasteiger charge is -2.19. The van der Waals surface area contributed by atoms with Crippen LogP contribution in [0.3, 0.4) is 0 Å². The fourth-order valence-electron chi connectivity index (χ4n) is 3.39. The van der Waals surface area contributed by atoms with Gasteiger partial charge in [0.25, 0.3) is 5.91 Å². The number of ether oxygens (including phenoxy) is 5. The van der Waals surface area contributed by atoms with Crippen molar-refractivity contribution in [1.29, 1.82) is 0 Å². The van der Waals surface area contributed by atoms with E-state index in [9.17, 15) is 14.9 Å². The predicted molar refractivity (Wildman–Crippen MR) is 127 cm³/mol. The molecule has 0 heterocycles. The second kappa shape index (κ2) is 12.5. The molecule has 0 saturated carbocycles. The minimum Gasteiger partial charge on any atom is -0.493 e. The van der Waals surface area contributed by atoms with Gasteiger partial charge in [-0.25, -0.2) is 0 Å². The molecular weight excluding hydrogens is 446 g/mol. The number of benzene rings is 2. The van der Waals surface area contributed by atoms with Crippen molar-refractivity contribution in [1.82, 2.24) is 4.90 Å². The summed E-state index contributed by atoms with van der Waals surface area (Å²) in [6.45, 7) is 7.10. The van der Waals surface area contributed by atoms with Crippen LogP contribution in [-0.4, -0.2) is 70.4 Å². The van der Waals surface area contributed by atoms with E-state index < -0.39 is 16.5 Å². The highest BCUT2D eigenvalue weighted by Crippen LogP contribution is 2.46. The van der Waals surface area contributed by atoms with Gasteiger partial charge in [-0.2, -0.15) is 0 Å². The molecule has 186 valence electrons. The Bertz CT molecular complexity index is 1010. The molecule has 0 saturated heterocycles. The van der Waals surface area contributed by atoms with Crippen molar-refractivity contribution in [2.45, 2.75) is 13.8 Å². The fourth-order valence-corrected chi connectivity index (χ4v) is 3.39. The van der Waals surface area contributed by atoms with Gasteiger partial charge in [0.05, 0.1) is 33.4 Å². The summed E-state index contributed by atoms with van der Waals surface area (Å²) in [5.74, 6) is 0.118. The van der Waals surface area contributed by atoms with Gasteiger partial charge in [0, 0.05) is 24.4 Å². The zero-order chi connectivity index (χ0) is 25.3. The van der Waals surface area contributed by atoms with Crippen LogP contribution >= 0.6 is 0 Å². The maximum absolute atomic E-state index is 13.1. The first-order chi connectivity index (χ1) is 16.3. The maximum atomic E-state index is 13.1. The molecule has 11 nitrogen and oxygen atoms in total. The number of nitro benzene ring substituents is 1. The average molecular weight is 478 g/mol.